The summed E-state index contributed by atoms with van der Waals surface area (Å²) in [5.41, 5.74) is 7.76. The molecule has 1 heterocycles. The lowest BCUT2D eigenvalue weighted by molar-refractivity contribution is 0.142. The largest absolute Gasteiger partial charge is 0.326 e. The zero-order valence-electron chi connectivity index (χ0n) is 10.3. The lowest BCUT2D eigenvalue weighted by atomic mass is 9.94. The van der Waals surface area contributed by atoms with Crippen molar-refractivity contribution in [3.8, 4) is 0 Å². The Hall–Kier alpha value is -0.860. The van der Waals surface area contributed by atoms with Gasteiger partial charge in [0.2, 0.25) is 0 Å². The summed E-state index contributed by atoms with van der Waals surface area (Å²) in [6, 6.07) is 11.0. The van der Waals surface area contributed by atoms with E-state index >= 15 is 0 Å². The van der Waals surface area contributed by atoms with E-state index in [4.69, 9.17) is 5.73 Å². The smallest absolute Gasteiger partial charge is 0.0239 e. The summed E-state index contributed by atoms with van der Waals surface area (Å²) in [6.07, 6.45) is 2.30. The van der Waals surface area contributed by atoms with Gasteiger partial charge in [0, 0.05) is 24.7 Å². The fourth-order valence-electron chi connectivity index (χ4n) is 2.69. The maximum absolute atomic E-state index is 6.09. The summed E-state index contributed by atoms with van der Waals surface area (Å²) in [5.74, 6) is 0. The molecule has 1 aromatic carbocycles. The Morgan fingerprint density at radius 1 is 1.38 bits per heavy atom. The molecule has 0 aliphatic carbocycles. The van der Waals surface area contributed by atoms with Gasteiger partial charge in [0.15, 0.2) is 0 Å². The fourth-order valence-corrected chi connectivity index (χ4v) is 2.69. The van der Waals surface area contributed by atoms with Gasteiger partial charge in [0.05, 0.1) is 0 Å². The van der Waals surface area contributed by atoms with Crippen LogP contribution in [0.5, 0.6) is 0 Å². The van der Waals surface area contributed by atoms with Crippen molar-refractivity contribution in [1.82, 2.24) is 4.90 Å². The number of benzene rings is 1. The Kier molecular flexibility index (Phi) is 3.31. The summed E-state index contributed by atoms with van der Waals surface area (Å²) < 4.78 is 0. The fraction of sp³-hybridized carbons (Fsp3) is 0.571. The quantitative estimate of drug-likeness (QED) is 0.844. The molecule has 0 bridgehead atoms. The van der Waals surface area contributed by atoms with Crippen molar-refractivity contribution in [2.75, 3.05) is 6.54 Å². The third-order valence-corrected chi connectivity index (χ3v) is 3.90. The number of nitrogens with zero attached hydrogens (tertiary/aromatic N) is 1. The zero-order chi connectivity index (χ0) is 11.6. The van der Waals surface area contributed by atoms with Gasteiger partial charge in [-0.3, -0.25) is 4.90 Å². The van der Waals surface area contributed by atoms with E-state index in [0.29, 0.717) is 6.04 Å². The van der Waals surface area contributed by atoms with E-state index in [-0.39, 0.29) is 5.54 Å². The predicted molar refractivity (Wildman–Crippen MR) is 68.1 cm³/mol. The van der Waals surface area contributed by atoms with Gasteiger partial charge in [-0.15, -0.1) is 0 Å². The van der Waals surface area contributed by atoms with Crippen molar-refractivity contribution in [2.45, 2.75) is 44.8 Å². The summed E-state index contributed by atoms with van der Waals surface area (Å²) in [5, 5.41) is 0. The second-order valence-corrected chi connectivity index (χ2v) is 5.18. The molecule has 2 rings (SSSR count). The van der Waals surface area contributed by atoms with Crippen molar-refractivity contribution >= 4 is 0 Å². The van der Waals surface area contributed by atoms with Gasteiger partial charge in [-0.1, -0.05) is 37.3 Å². The Bertz CT molecular complexity index is 336. The van der Waals surface area contributed by atoms with Crippen LogP contribution in [0.1, 0.15) is 32.3 Å². The minimum absolute atomic E-state index is 0.287. The van der Waals surface area contributed by atoms with Crippen LogP contribution in [0.4, 0.5) is 0 Å². The first-order valence-electron chi connectivity index (χ1n) is 6.18. The second-order valence-electron chi connectivity index (χ2n) is 5.18. The SMILES string of the molecule is CCC1(C)CC(N)CN1Cc1ccccc1. The highest BCUT2D eigenvalue weighted by atomic mass is 15.2. The van der Waals surface area contributed by atoms with Crippen LogP contribution in [0.15, 0.2) is 30.3 Å². The number of nitrogens with two attached hydrogens (primary N) is 1. The Balaban J connectivity index is 2.09. The van der Waals surface area contributed by atoms with Crippen molar-refractivity contribution in [3.63, 3.8) is 0 Å². The van der Waals surface area contributed by atoms with E-state index in [1.807, 2.05) is 0 Å². The van der Waals surface area contributed by atoms with E-state index in [0.717, 1.165) is 19.5 Å². The standard InChI is InChI=1S/C14H22N2/c1-3-14(2)9-13(15)11-16(14)10-12-7-5-4-6-8-12/h4-8,13H,3,9-11,15H2,1-2H3. The average Bonchev–Trinajstić information content (AvgIpc) is 2.56. The molecule has 1 saturated heterocycles. The highest BCUT2D eigenvalue weighted by Crippen LogP contribution is 2.32. The summed E-state index contributed by atoms with van der Waals surface area (Å²) in [4.78, 5) is 2.53. The van der Waals surface area contributed by atoms with E-state index in [1.165, 1.54) is 12.0 Å². The second kappa shape index (κ2) is 4.56. The van der Waals surface area contributed by atoms with Crippen LogP contribution in [0.2, 0.25) is 0 Å². The van der Waals surface area contributed by atoms with Gasteiger partial charge >= 0.3 is 0 Å². The van der Waals surface area contributed by atoms with Gasteiger partial charge < -0.3 is 5.73 Å². The maximum atomic E-state index is 6.09. The van der Waals surface area contributed by atoms with Gasteiger partial charge in [0.1, 0.15) is 0 Å². The molecule has 1 aliphatic heterocycles. The molecular formula is C14H22N2. The van der Waals surface area contributed by atoms with Gasteiger partial charge in [-0.2, -0.15) is 0 Å². The molecule has 2 heteroatoms. The van der Waals surface area contributed by atoms with Crippen molar-refractivity contribution in [3.05, 3.63) is 35.9 Å². The van der Waals surface area contributed by atoms with Crippen LogP contribution >= 0.6 is 0 Å². The summed E-state index contributed by atoms with van der Waals surface area (Å²) in [6.45, 7) is 6.65. The average molecular weight is 218 g/mol. The molecule has 0 spiro atoms. The van der Waals surface area contributed by atoms with Gasteiger partial charge in [-0.25, -0.2) is 0 Å². The lowest BCUT2D eigenvalue weighted by Crippen LogP contribution is -2.39. The van der Waals surface area contributed by atoms with Crippen LogP contribution < -0.4 is 5.73 Å². The Labute approximate surface area is 98.4 Å². The normalized spacial score (nSPS) is 30.8. The first-order valence-corrected chi connectivity index (χ1v) is 6.18. The molecule has 0 aromatic heterocycles. The molecule has 2 N–H and O–H groups in total. The minimum Gasteiger partial charge on any atom is -0.326 e. The molecule has 2 nitrogen and oxygen atoms in total. The molecule has 0 radical (unpaired) electrons. The minimum atomic E-state index is 0.287. The Morgan fingerprint density at radius 3 is 2.69 bits per heavy atom. The monoisotopic (exact) mass is 218 g/mol. The molecular weight excluding hydrogens is 196 g/mol. The number of hydrogen-bond acceptors (Lipinski definition) is 2. The highest BCUT2D eigenvalue weighted by molar-refractivity contribution is 5.15. The van der Waals surface area contributed by atoms with Gasteiger partial charge in [0.25, 0.3) is 0 Å². The third kappa shape index (κ3) is 2.28. The van der Waals surface area contributed by atoms with E-state index in [1.54, 1.807) is 0 Å². The van der Waals surface area contributed by atoms with Crippen molar-refractivity contribution in [1.29, 1.82) is 0 Å². The maximum Gasteiger partial charge on any atom is 0.0239 e. The molecule has 16 heavy (non-hydrogen) atoms. The topological polar surface area (TPSA) is 29.3 Å². The molecule has 1 aromatic rings. The van der Waals surface area contributed by atoms with Crippen LogP contribution in [0.25, 0.3) is 0 Å². The first kappa shape index (κ1) is 11.6. The molecule has 88 valence electrons. The zero-order valence-corrected chi connectivity index (χ0v) is 10.3. The molecule has 2 unspecified atom stereocenters. The lowest BCUT2D eigenvalue weighted by Gasteiger charge is -2.34. The highest BCUT2D eigenvalue weighted by Gasteiger charge is 2.38. The van der Waals surface area contributed by atoms with E-state index in [2.05, 4.69) is 49.1 Å². The molecule has 1 aliphatic rings. The molecule has 2 atom stereocenters. The van der Waals surface area contributed by atoms with Gasteiger partial charge in [-0.05, 0) is 25.3 Å². The van der Waals surface area contributed by atoms with E-state index < -0.39 is 0 Å². The molecule has 0 amide bonds. The number of likely N-dealkylation sites (tertiary alicyclic amines) is 1. The predicted octanol–water partition coefficient (Wildman–Crippen LogP) is 2.39. The third-order valence-electron chi connectivity index (χ3n) is 3.90. The Morgan fingerprint density at radius 2 is 2.06 bits per heavy atom. The number of rotatable bonds is 3. The van der Waals surface area contributed by atoms with Crippen LogP contribution in [0.3, 0.4) is 0 Å². The molecule has 0 saturated carbocycles. The number of hydrogen-bond donors (Lipinski definition) is 1. The van der Waals surface area contributed by atoms with E-state index in [9.17, 15) is 0 Å². The van der Waals surface area contributed by atoms with Crippen LogP contribution in [-0.4, -0.2) is 23.0 Å². The summed E-state index contributed by atoms with van der Waals surface area (Å²) in [7, 11) is 0. The van der Waals surface area contributed by atoms with Crippen molar-refractivity contribution in [2.24, 2.45) is 5.73 Å². The summed E-state index contributed by atoms with van der Waals surface area (Å²) >= 11 is 0. The van der Waals surface area contributed by atoms with Crippen LogP contribution in [-0.2, 0) is 6.54 Å². The first-order chi connectivity index (χ1) is 7.64. The van der Waals surface area contributed by atoms with Crippen molar-refractivity contribution < 1.29 is 0 Å². The molecule has 1 fully saturated rings. The van der Waals surface area contributed by atoms with Crippen LogP contribution in [0, 0.1) is 0 Å².